The zero-order valence-corrected chi connectivity index (χ0v) is 12.3. The van der Waals surface area contributed by atoms with Crippen molar-refractivity contribution in [2.45, 2.75) is 0 Å². The van der Waals surface area contributed by atoms with E-state index in [1.54, 1.807) is 44.7 Å². The third-order valence-corrected chi connectivity index (χ3v) is 3.49. The van der Waals surface area contributed by atoms with Gasteiger partial charge in [0.2, 0.25) is 0 Å². The SMILES string of the molecule is COc1cc(OC)c(-c2cn3ccc(O)cc3n2)cc1Cl. The van der Waals surface area contributed by atoms with Crippen LogP contribution in [-0.4, -0.2) is 28.7 Å². The Morgan fingerprint density at radius 1 is 1.14 bits per heavy atom. The summed E-state index contributed by atoms with van der Waals surface area (Å²) in [7, 11) is 3.13. The average Bonchev–Trinajstić information content (AvgIpc) is 2.89. The number of benzene rings is 1. The smallest absolute Gasteiger partial charge is 0.141 e. The summed E-state index contributed by atoms with van der Waals surface area (Å²) in [6, 6.07) is 6.65. The Labute approximate surface area is 126 Å². The van der Waals surface area contributed by atoms with Gasteiger partial charge in [0.05, 0.1) is 24.9 Å². The van der Waals surface area contributed by atoms with Crippen LogP contribution in [-0.2, 0) is 0 Å². The maximum atomic E-state index is 9.51. The van der Waals surface area contributed by atoms with Gasteiger partial charge in [-0.3, -0.25) is 0 Å². The molecule has 0 saturated carbocycles. The van der Waals surface area contributed by atoms with Crippen molar-refractivity contribution in [2.24, 2.45) is 0 Å². The molecule has 6 heteroatoms. The van der Waals surface area contributed by atoms with Gasteiger partial charge in [0.25, 0.3) is 0 Å². The molecule has 1 N–H and O–H groups in total. The van der Waals surface area contributed by atoms with Crippen LogP contribution in [0.15, 0.2) is 36.7 Å². The highest BCUT2D eigenvalue weighted by molar-refractivity contribution is 6.32. The number of rotatable bonds is 3. The number of aromatic hydroxyl groups is 1. The highest BCUT2D eigenvalue weighted by atomic mass is 35.5. The first-order chi connectivity index (χ1) is 10.1. The highest BCUT2D eigenvalue weighted by Gasteiger charge is 2.14. The summed E-state index contributed by atoms with van der Waals surface area (Å²) in [5.74, 6) is 1.32. The summed E-state index contributed by atoms with van der Waals surface area (Å²) in [6.45, 7) is 0. The number of imidazole rings is 1. The molecule has 3 aromatic rings. The molecule has 0 bridgehead atoms. The first kappa shape index (κ1) is 13.6. The minimum Gasteiger partial charge on any atom is -0.508 e. The molecule has 0 spiro atoms. The van der Waals surface area contributed by atoms with Crippen molar-refractivity contribution in [3.63, 3.8) is 0 Å². The predicted molar refractivity (Wildman–Crippen MR) is 80.4 cm³/mol. The van der Waals surface area contributed by atoms with E-state index in [1.165, 1.54) is 0 Å². The van der Waals surface area contributed by atoms with Crippen molar-refractivity contribution in [1.29, 1.82) is 0 Å². The van der Waals surface area contributed by atoms with E-state index in [2.05, 4.69) is 4.98 Å². The van der Waals surface area contributed by atoms with Gasteiger partial charge in [-0.05, 0) is 12.1 Å². The van der Waals surface area contributed by atoms with E-state index in [1.807, 2.05) is 10.6 Å². The molecule has 0 aliphatic heterocycles. The van der Waals surface area contributed by atoms with Crippen molar-refractivity contribution in [3.05, 3.63) is 41.7 Å². The lowest BCUT2D eigenvalue weighted by Gasteiger charge is -2.10. The molecule has 2 aromatic heterocycles. The van der Waals surface area contributed by atoms with Gasteiger partial charge in [-0.15, -0.1) is 0 Å². The number of hydrogen-bond donors (Lipinski definition) is 1. The Morgan fingerprint density at radius 3 is 2.62 bits per heavy atom. The molecule has 5 nitrogen and oxygen atoms in total. The van der Waals surface area contributed by atoms with Gasteiger partial charge in [0, 0.05) is 30.1 Å². The molecule has 0 saturated heterocycles. The van der Waals surface area contributed by atoms with E-state index >= 15 is 0 Å². The van der Waals surface area contributed by atoms with Crippen molar-refractivity contribution < 1.29 is 14.6 Å². The lowest BCUT2D eigenvalue weighted by atomic mass is 10.1. The third kappa shape index (κ3) is 2.36. The number of halogens is 1. The molecule has 0 amide bonds. The molecule has 0 fully saturated rings. The van der Waals surface area contributed by atoms with Gasteiger partial charge in [-0.1, -0.05) is 11.6 Å². The Balaban J connectivity index is 2.19. The van der Waals surface area contributed by atoms with Gasteiger partial charge >= 0.3 is 0 Å². The molecule has 2 heterocycles. The summed E-state index contributed by atoms with van der Waals surface area (Å²) in [5, 5.41) is 9.99. The fourth-order valence-corrected chi connectivity index (χ4v) is 2.40. The second kappa shape index (κ2) is 5.18. The molecule has 3 rings (SSSR count). The van der Waals surface area contributed by atoms with Crippen LogP contribution in [0.1, 0.15) is 0 Å². The minimum atomic E-state index is 0.166. The maximum Gasteiger partial charge on any atom is 0.141 e. The van der Waals surface area contributed by atoms with Crippen molar-refractivity contribution in [1.82, 2.24) is 9.38 Å². The normalized spacial score (nSPS) is 10.8. The molecule has 0 aliphatic rings. The zero-order chi connectivity index (χ0) is 15.0. The number of fused-ring (bicyclic) bond motifs is 1. The second-order valence-corrected chi connectivity index (χ2v) is 4.87. The van der Waals surface area contributed by atoms with Crippen LogP contribution >= 0.6 is 11.6 Å². The summed E-state index contributed by atoms with van der Waals surface area (Å²) in [6.07, 6.45) is 3.58. The van der Waals surface area contributed by atoms with Crippen molar-refractivity contribution in [3.8, 4) is 28.5 Å². The fraction of sp³-hybridized carbons (Fsp3) is 0.133. The van der Waals surface area contributed by atoms with Crippen LogP contribution in [0.25, 0.3) is 16.9 Å². The predicted octanol–water partition coefficient (Wildman–Crippen LogP) is 3.38. The van der Waals surface area contributed by atoms with Gasteiger partial charge in [-0.2, -0.15) is 0 Å². The van der Waals surface area contributed by atoms with Crippen LogP contribution in [0.5, 0.6) is 17.2 Å². The first-order valence-corrected chi connectivity index (χ1v) is 6.60. The standard InChI is InChI=1S/C15H13ClN2O3/c1-20-13-7-14(21-2)11(16)6-10(13)12-8-18-4-3-9(19)5-15(18)17-12/h3-8,19H,1-2H3. The summed E-state index contributed by atoms with van der Waals surface area (Å²) < 4.78 is 12.4. The molecule has 0 radical (unpaired) electrons. The molecule has 0 atom stereocenters. The second-order valence-electron chi connectivity index (χ2n) is 4.46. The minimum absolute atomic E-state index is 0.166. The van der Waals surface area contributed by atoms with E-state index in [-0.39, 0.29) is 5.75 Å². The molecule has 1 aromatic carbocycles. The van der Waals surface area contributed by atoms with Crippen LogP contribution in [0, 0.1) is 0 Å². The lowest BCUT2D eigenvalue weighted by molar-refractivity contribution is 0.395. The average molecular weight is 305 g/mol. The van der Waals surface area contributed by atoms with E-state index in [4.69, 9.17) is 21.1 Å². The quantitative estimate of drug-likeness (QED) is 0.806. The molecular formula is C15H13ClN2O3. The largest absolute Gasteiger partial charge is 0.508 e. The molecular weight excluding hydrogens is 292 g/mol. The van der Waals surface area contributed by atoms with Gasteiger partial charge in [0.15, 0.2) is 0 Å². The number of aromatic nitrogens is 2. The number of nitrogens with zero attached hydrogens (tertiary/aromatic N) is 2. The zero-order valence-electron chi connectivity index (χ0n) is 11.5. The Hall–Kier alpha value is -2.40. The van der Waals surface area contributed by atoms with Gasteiger partial charge < -0.3 is 19.0 Å². The maximum absolute atomic E-state index is 9.51. The first-order valence-electron chi connectivity index (χ1n) is 6.22. The van der Waals surface area contributed by atoms with E-state index < -0.39 is 0 Å². The number of methoxy groups -OCH3 is 2. The van der Waals surface area contributed by atoms with Crippen molar-refractivity contribution >= 4 is 17.2 Å². The van der Waals surface area contributed by atoms with Crippen LogP contribution < -0.4 is 9.47 Å². The van der Waals surface area contributed by atoms with Crippen molar-refractivity contribution in [2.75, 3.05) is 14.2 Å². The molecule has 0 unspecified atom stereocenters. The van der Waals surface area contributed by atoms with Gasteiger partial charge in [0.1, 0.15) is 22.9 Å². The summed E-state index contributed by atoms with van der Waals surface area (Å²) >= 11 is 6.18. The highest BCUT2D eigenvalue weighted by Crippen LogP contribution is 2.38. The summed E-state index contributed by atoms with van der Waals surface area (Å²) in [5.41, 5.74) is 2.09. The number of pyridine rings is 1. The van der Waals surface area contributed by atoms with Crippen LogP contribution in [0.2, 0.25) is 5.02 Å². The lowest BCUT2D eigenvalue weighted by Crippen LogP contribution is -1.91. The molecule has 0 aliphatic carbocycles. The summed E-state index contributed by atoms with van der Waals surface area (Å²) in [4.78, 5) is 4.47. The van der Waals surface area contributed by atoms with Crippen LogP contribution in [0.4, 0.5) is 0 Å². The van der Waals surface area contributed by atoms with E-state index in [9.17, 15) is 5.11 Å². The Bertz CT molecular complexity index is 814. The van der Waals surface area contributed by atoms with Crippen LogP contribution in [0.3, 0.4) is 0 Å². The molecule has 108 valence electrons. The number of hydrogen-bond acceptors (Lipinski definition) is 4. The Morgan fingerprint density at radius 2 is 1.90 bits per heavy atom. The monoisotopic (exact) mass is 304 g/mol. The van der Waals surface area contributed by atoms with E-state index in [0.717, 1.165) is 5.56 Å². The van der Waals surface area contributed by atoms with E-state index in [0.29, 0.717) is 27.9 Å². The Kier molecular flexibility index (Phi) is 3.35. The third-order valence-electron chi connectivity index (χ3n) is 3.19. The fourth-order valence-electron chi connectivity index (χ4n) is 2.16. The van der Waals surface area contributed by atoms with Gasteiger partial charge in [-0.25, -0.2) is 4.98 Å². The topological polar surface area (TPSA) is 56.0 Å². The molecule has 21 heavy (non-hydrogen) atoms. The number of ether oxygens (including phenoxy) is 2.